The molecule has 1 amide bonds. The monoisotopic (exact) mass is 327 g/mol. The van der Waals surface area contributed by atoms with Crippen molar-refractivity contribution in [3.05, 3.63) is 63.6 Å². The Labute approximate surface area is 138 Å². The number of benzene rings is 1. The van der Waals surface area contributed by atoms with Crippen molar-refractivity contribution >= 4 is 17.2 Å². The molecule has 6 nitrogen and oxygen atoms in total. The van der Waals surface area contributed by atoms with Gasteiger partial charge in [-0.25, -0.2) is 9.97 Å². The molecule has 0 aliphatic heterocycles. The summed E-state index contributed by atoms with van der Waals surface area (Å²) in [7, 11) is 1.76. The van der Waals surface area contributed by atoms with E-state index in [2.05, 4.69) is 20.2 Å². The second-order valence-electron chi connectivity index (χ2n) is 5.24. The first-order chi connectivity index (χ1) is 11.1. The van der Waals surface area contributed by atoms with Crippen LogP contribution in [0.4, 0.5) is 0 Å². The Balaban J connectivity index is 2.00. The van der Waals surface area contributed by atoms with E-state index in [0.29, 0.717) is 11.5 Å². The normalized spacial score (nSPS) is 12.1. The number of amides is 1. The molecule has 1 atom stereocenters. The van der Waals surface area contributed by atoms with Crippen LogP contribution in [0, 0.1) is 13.8 Å². The first-order valence-corrected chi connectivity index (χ1v) is 8.01. The number of thiazole rings is 1. The van der Waals surface area contributed by atoms with Crippen LogP contribution in [-0.4, -0.2) is 38.0 Å². The van der Waals surface area contributed by atoms with Crippen molar-refractivity contribution in [3.8, 4) is 0 Å². The number of aromatic amines is 1. The number of H-pyrrole nitrogens is 1. The van der Waals surface area contributed by atoms with Gasteiger partial charge in [0.15, 0.2) is 5.82 Å². The molecule has 2 heterocycles. The molecule has 0 bridgehead atoms. The summed E-state index contributed by atoms with van der Waals surface area (Å²) in [6, 6.07) is 9.42. The second-order valence-corrected chi connectivity index (χ2v) is 6.64. The predicted molar refractivity (Wildman–Crippen MR) is 88.3 cm³/mol. The van der Waals surface area contributed by atoms with Gasteiger partial charge in [-0.3, -0.25) is 9.89 Å². The highest BCUT2D eigenvalue weighted by Gasteiger charge is 2.28. The molecule has 0 aliphatic carbocycles. The molecule has 0 radical (unpaired) electrons. The molecule has 0 saturated heterocycles. The van der Waals surface area contributed by atoms with Crippen molar-refractivity contribution in [2.45, 2.75) is 19.9 Å². The van der Waals surface area contributed by atoms with Crippen LogP contribution in [0.15, 0.2) is 36.7 Å². The molecular weight excluding hydrogens is 310 g/mol. The van der Waals surface area contributed by atoms with Crippen LogP contribution >= 0.6 is 11.3 Å². The summed E-state index contributed by atoms with van der Waals surface area (Å²) in [5, 5.41) is 7.67. The van der Waals surface area contributed by atoms with Gasteiger partial charge >= 0.3 is 0 Å². The molecule has 3 rings (SSSR count). The van der Waals surface area contributed by atoms with Gasteiger partial charge < -0.3 is 4.90 Å². The van der Waals surface area contributed by atoms with Crippen LogP contribution in [0.2, 0.25) is 0 Å². The summed E-state index contributed by atoms with van der Waals surface area (Å²) in [6.45, 7) is 3.82. The van der Waals surface area contributed by atoms with E-state index in [0.717, 1.165) is 15.4 Å². The molecule has 3 aromatic rings. The van der Waals surface area contributed by atoms with Gasteiger partial charge in [-0.15, -0.1) is 11.3 Å². The van der Waals surface area contributed by atoms with Crippen LogP contribution in [0.5, 0.6) is 0 Å². The Kier molecular flexibility index (Phi) is 4.20. The SMILES string of the molecule is Cc1nc(C(=O)N(C)C(c2ccccc2)c2ncn[nH]2)c(C)s1. The van der Waals surface area contributed by atoms with E-state index in [1.54, 1.807) is 11.9 Å². The minimum absolute atomic E-state index is 0.128. The topological polar surface area (TPSA) is 74.8 Å². The van der Waals surface area contributed by atoms with Crippen molar-refractivity contribution in [1.82, 2.24) is 25.1 Å². The Morgan fingerprint density at radius 2 is 2.00 bits per heavy atom. The fourth-order valence-electron chi connectivity index (χ4n) is 2.56. The lowest BCUT2D eigenvalue weighted by Gasteiger charge is -2.26. The summed E-state index contributed by atoms with van der Waals surface area (Å²) in [5.41, 5.74) is 1.46. The lowest BCUT2D eigenvalue weighted by Crippen LogP contribution is -2.33. The number of aryl methyl sites for hydroxylation is 2. The van der Waals surface area contributed by atoms with Crippen LogP contribution in [-0.2, 0) is 0 Å². The molecule has 118 valence electrons. The molecule has 1 aromatic carbocycles. The lowest BCUT2D eigenvalue weighted by atomic mass is 10.0. The Hall–Kier alpha value is -2.54. The highest BCUT2D eigenvalue weighted by atomic mass is 32.1. The van der Waals surface area contributed by atoms with Crippen molar-refractivity contribution < 1.29 is 4.79 Å². The molecule has 1 N–H and O–H groups in total. The lowest BCUT2D eigenvalue weighted by molar-refractivity contribution is 0.0744. The maximum Gasteiger partial charge on any atom is 0.274 e. The number of carbonyl (C=O) groups excluding carboxylic acids is 1. The average molecular weight is 327 g/mol. The van der Waals surface area contributed by atoms with E-state index in [-0.39, 0.29) is 11.9 Å². The van der Waals surface area contributed by atoms with Crippen LogP contribution in [0.3, 0.4) is 0 Å². The fraction of sp³-hybridized carbons (Fsp3) is 0.250. The van der Waals surface area contributed by atoms with E-state index in [9.17, 15) is 4.79 Å². The van der Waals surface area contributed by atoms with Crippen LogP contribution in [0.25, 0.3) is 0 Å². The van der Waals surface area contributed by atoms with Crippen molar-refractivity contribution in [2.24, 2.45) is 0 Å². The zero-order valence-corrected chi connectivity index (χ0v) is 14.0. The highest BCUT2D eigenvalue weighted by Crippen LogP contribution is 2.27. The first kappa shape index (κ1) is 15.4. The molecule has 23 heavy (non-hydrogen) atoms. The van der Waals surface area contributed by atoms with Crippen LogP contribution < -0.4 is 0 Å². The zero-order valence-electron chi connectivity index (χ0n) is 13.1. The Bertz CT molecular complexity index is 797. The molecule has 0 aliphatic rings. The van der Waals surface area contributed by atoms with Gasteiger partial charge in [-0.2, -0.15) is 5.10 Å². The third kappa shape index (κ3) is 3.00. The third-order valence-electron chi connectivity index (χ3n) is 3.62. The van der Waals surface area contributed by atoms with Gasteiger partial charge in [-0.05, 0) is 19.4 Å². The largest absolute Gasteiger partial charge is 0.326 e. The smallest absolute Gasteiger partial charge is 0.274 e. The molecule has 0 fully saturated rings. The van der Waals surface area contributed by atoms with E-state index >= 15 is 0 Å². The predicted octanol–water partition coefficient (Wildman–Crippen LogP) is 2.74. The Morgan fingerprint density at radius 1 is 1.26 bits per heavy atom. The Morgan fingerprint density at radius 3 is 2.57 bits per heavy atom. The molecule has 7 heteroatoms. The number of carbonyl (C=O) groups is 1. The number of hydrogen-bond acceptors (Lipinski definition) is 5. The quantitative estimate of drug-likeness (QED) is 0.799. The zero-order chi connectivity index (χ0) is 16.4. The highest BCUT2D eigenvalue weighted by molar-refractivity contribution is 7.11. The number of nitrogens with one attached hydrogen (secondary N) is 1. The van der Waals surface area contributed by atoms with Gasteiger partial charge in [-0.1, -0.05) is 30.3 Å². The van der Waals surface area contributed by atoms with E-state index in [1.165, 1.54) is 17.7 Å². The molecule has 2 aromatic heterocycles. The fourth-order valence-corrected chi connectivity index (χ4v) is 3.37. The summed E-state index contributed by atoms with van der Waals surface area (Å²) < 4.78 is 0. The van der Waals surface area contributed by atoms with E-state index in [4.69, 9.17) is 0 Å². The maximum absolute atomic E-state index is 12.9. The van der Waals surface area contributed by atoms with Crippen LogP contribution in [0.1, 0.15) is 37.8 Å². The standard InChI is InChI=1S/C16H17N5OS/c1-10-13(19-11(2)23-10)16(22)21(3)14(15-17-9-18-20-15)12-7-5-4-6-8-12/h4-9,14H,1-3H3,(H,17,18,20). The first-order valence-electron chi connectivity index (χ1n) is 7.19. The summed E-state index contributed by atoms with van der Waals surface area (Å²) in [4.78, 5) is 24.1. The number of rotatable bonds is 4. The van der Waals surface area contributed by atoms with Gasteiger partial charge in [0.2, 0.25) is 0 Å². The molecule has 0 spiro atoms. The average Bonchev–Trinajstić information content (AvgIpc) is 3.17. The maximum atomic E-state index is 12.9. The third-order valence-corrected chi connectivity index (χ3v) is 4.51. The number of hydrogen-bond donors (Lipinski definition) is 1. The van der Waals surface area contributed by atoms with Gasteiger partial charge in [0.25, 0.3) is 5.91 Å². The van der Waals surface area contributed by atoms with Gasteiger partial charge in [0.05, 0.1) is 5.01 Å². The molecule has 0 saturated carbocycles. The summed E-state index contributed by atoms with van der Waals surface area (Å²) >= 11 is 1.53. The summed E-state index contributed by atoms with van der Waals surface area (Å²) in [5.74, 6) is 0.494. The summed E-state index contributed by atoms with van der Waals surface area (Å²) in [6.07, 6.45) is 1.45. The molecular formula is C16H17N5OS. The van der Waals surface area contributed by atoms with Gasteiger partial charge in [0.1, 0.15) is 18.1 Å². The number of aromatic nitrogens is 4. The van der Waals surface area contributed by atoms with Gasteiger partial charge in [0, 0.05) is 11.9 Å². The van der Waals surface area contributed by atoms with E-state index < -0.39 is 0 Å². The van der Waals surface area contributed by atoms with Crippen molar-refractivity contribution in [2.75, 3.05) is 7.05 Å². The second kappa shape index (κ2) is 6.29. The minimum atomic E-state index is -0.340. The van der Waals surface area contributed by atoms with Crippen molar-refractivity contribution in [3.63, 3.8) is 0 Å². The molecule has 1 unspecified atom stereocenters. The van der Waals surface area contributed by atoms with E-state index in [1.807, 2.05) is 44.2 Å². The minimum Gasteiger partial charge on any atom is -0.326 e. The van der Waals surface area contributed by atoms with Crippen molar-refractivity contribution in [1.29, 1.82) is 0 Å². The number of nitrogens with zero attached hydrogens (tertiary/aromatic N) is 4.